The number of carbonyl (C=O) groups is 1. The molecule has 4 fully saturated rings. The van der Waals surface area contributed by atoms with Crippen molar-refractivity contribution in [1.82, 2.24) is 0 Å². The van der Waals surface area contributed by atoms with Crippen molar-refractivity contribution < 1.29 is 9.53 Å². The minimum Gasteiger partial charge on any atom is -0.469 e. The molecule has 2 heteroatoms. The fourth-order valence-electron chi connectivity index (χ4n) is 6.36. The van der Waals surface area contributed by atoms with E-state index in [1.165, 1.54) is 25.7 Å². The lowest BCUT2D eigenvalue weighted by Gasteiger charge is -2.67. The molecule has 0 aliphatic heterocycles. The molecular weight excluding hydrogens is 236 g/mol. The Balaban J connectivity index is 2.09. The van der Waals surface area contributed by atoms with Crippen molar-refractivity contribution in [2.75, 3.05) is 7.11 Å². The Labute approximate surface area is 117 Å². The molecule has 0 aromatic rings. The van der Waals surface area contributed by atoms with Crippen LogP contribution in [0.2, 0.25) is 0 Å². The van der Waals surface area contributed by atoms with E-state index >= 15 is 0 Å². The van der Waals surface area contributed by atoms with E-state index in [4.69, 9.17) is 4.74 Å². The Hall–Kier alpha value is -0.530. The average Bonchev–Trinajstić information content (AvgIpc) is 2.33. The van der Waals surface area contributed by atoms with Crippen molar-refractivity contribution in [3.63, 3.8) is 0 Å². The van der Waals surface area contributed by atoms with Crippen molar-refractivity contribution in [2.24, 2.45) is 40.4 Å². The Morgan fingerprint density at radius 1 is 1.26 bits per heavy atom. The second-order valence-corrected chi connectivity index (χ2v) is 8.16. The van der Waals surface area contributed by atoms with Crippen molar-refractivity contribution in [2.45, 2.75) is 53.4 Å². The summed E-state index contributed by atoms with van der Waals surface area (Å²) in [6.07, 6.45) is 5.10. The molecule has 0 saturated heterocycles. The van der Waals surface area contributed by atoms with Gasteiger partial charge in [0.25, 0.3) is 0 Å². The molecule has 0 radical (unpaired) electrons. The summed E-state index contributed by atoms with van der Waals surface area (Å²) in [7, 11) is 1.57. The van der Waals surface area contributed by atoms with Crippen LogP contribution in [0.1, 0.15) is 53.4 Å². The molecule has 0 heterocycles. The van der Waals surface area contributed by atoms with Crippen LogP contribution in [0.15, 0.2) is 0 Å². The normalized spacial score (nSPS) is 51.7. The molecule has 4 bridgehead atoms. The third-order valence-electron chi connectivity index (χ3n) is 6.96. The molecule has 0 aromatic heterocycles. The number of ether oxygens (including phenoxy) is 1. The van der Waals surface area contributed by atoms with Gasteiger partial charge in [-0.2, -0.15) is 0 Å². The lowest BCUT2D eigenvalue weighted by atomic mass is 9.37. The van der Waals surface area contributed by atoms with E-state index in [0.717, 1.165) is 5.92 Å². The maximum Gasteiger partial charge on any atom is 0.312 e. The lowest BCUT2D eigenvalue weighted by Crippen LogP contribution is -2.64. The molecule has 19 heavy (non-hydrogen) atoms. The maximum absolute atomic E-state index is 12.7. The smallest absolute Gasteiger partial charge is 0.312 e. The van der Waals surface area contributed by atoms with E-state index in [9.17, 15) is 4.79 Å². The first-order valence-corrected chi connectivity index (χ1v) is 7.93. The summed E-state index contributed by atoms with van der Waals surface area (Å²) >= 11 is 0. The second-order valence-electron chi connectivity index (χ2n) is 8.16. The van der Waals surface area contributed by atoms with Crippen LogP contribution in [-0.4, -0.2) is 13.1 Å². The van der Waals surface area contributed by atoms with Gasteiger partial charge in [0, 0.05) is 0 Å². The minimum absolute atomic E-state index is 0.0757. The fourth-order valence-corrected chi connectivity index (χ4v) is 6.36. The van der Waals surface area contributed by atoms with E-state index in [0.29, 0.717) is 29.1 Å². The van der Waals surface area contributed by atoms with E-state index in [2.05, 4.69) is 27.7 Å². The molecular formula is C17H28O2. The summed E-state index contributed by atoms with van der Waals surface area (Å²) in [5.41, 5.74) is 0.293. The molecule has 4 saturated carbocycles. The van der Waals surface area contributed by atoms with E-state index in [-0.39, 0.29) is 11.4 Å². The zero-order valence-electron chi connectivity index (χ0n) is 13.0. The first kappa shape index (κ1) is 13.5. The Morgan fingerprint density at radius 3 is 2.53 bits per heavy atom. The molecule has 108 valence electrons. The largest absolute Gasteiger partial charge is 0.469 e. The molecule has 0 amide bonds. The quantitative estimate of drug-likeness (QED) is 0.707. The Morgan fingerprint density at radius 2 is 1.95 bits per heavy atom. The van der Waals surface area contributed by atoms with Gasteiger partial charge in [-0.25, -0.2) is 0 Å². The molecule has 4 aliphatic rings. The highest BCUT2D eigenvalue weighted by Crippen LogP contribution is 2.70. The predicted molar refractivity (Wildman–Crippen MR) is 75.5 cm³/mol. The van der Waals surface area contributed by atoms with Crippen LogP contribution in [0.25, 0.3) is 0 Å². The van der Waals surface area contributed by atoms with Crippen molar-refractivity contribution >= 4 is 5.97 Å². The molecule has 2 nitrogen and oxygen atoms in total. The number of hydrogen-bond acceptors (Lipinski definition) is 2. The standard InChI is InChI=1S/C17H28O2/c1-10(2)17(15(18)19-5)13-6-12-7-16(4,8-13)9-14(17)11(12)3/h10-14H,6-9H2,1-5H3. The number of rotatable bonds is 2. The molecule has 6 unspecified atom stereocenters. The van der Waals surface area contributed by atoms with Gasteiger partial charge in [0.15, 0.2) is 0 Å². The van der Waals surface area contributed by atoms with Gasteiger partial charge in [0.2, 0.25) is 0 Å². The van der Waals surface area contributed by atoms with Gasteiger partial charge < -0.3 is 4.74 Å². The highest BCUT2D eigenvalue weighted by Gasteiger charge is 2.67. The number of methoxy groups -OCH3 is 1. The van der Waals surface area contributed by atoms with Gasteiger partial charge in [-0.15, -0.1) is 0 Å². The van der Waals surface area contributed by atoms with Crippen LogP contribution in [0, 0.1) is 40.4 Å². The summed E-state index contributed by atoms with van der Waals surface area (Å²) in [5, 5.41) is 0. The van der Waals surface area contributed by atoms with Crippen LogP contribution in [0.5, 0.6) is 0 Å². The second kappa shape index (κ2) is 3.99. The maximum atomic E-state index is 12.7. The van der Waals surface area contributed by atoms with Crippen LogP contribution < -0.4 is 0 Å². The first-order valence-electron chi connectivity index (χ1n) is 7.93. The summed E-state index contributed by atoms with van der Waals surface area (Å²) < 4.78 is 5.28. The highest BCUT2D eigenvalue weighted by molar-refractivity contribution is 5.78. The SMILES string of the molecule is COC(=O)C1(C(C)C)C2CC3CC(C)(C2)CC1C3C. The Kier molecular flexibility index (Phi) is 2.82. The summed E-state index contributed by atoms with van der Waals surface area (Å²) in [4.78, 5) is 12.7. The van der Waals surface area contributed by atoms with Gasteiger partial charge in [-0.05, 0) is 60.7 Å². The number of carbonyl (C=O) groups excluding carboxylic acids is 1. The summed E-state index contributed by atoms with van der Waals surface area (Å²) in [6.45, 7) is 9.30. The van der Waals surface area contributed by atoms with Crippen LogP contribution in [0.4, 0.5) is 0 Å². The molecule has 0 aromatic carbocycles. The third kappa shape index (κ3) is 1.52. The monoisotopic (exact) mass is 264 g/mol. The van der Waals surface area contributed by atoms with Crippen molar-refractivity contribution in [3.05, 3.63) is 0 Å². The van der Waals surface area contributed by atoms with Gasteiger partial charge in [-0.3, -0.25) is 4.79 Å². The van der Waals surface area contributed by atoms with Crippen LogP contribution in [0.3, 0.4) is 0 Å². The summed E-state index contributed by atoms with van der Waals surface area (Å²) in [5.74, 6) is 3.09. The Bertz CT molecular complexity index is 402. The third-order valence-corrected chi connectivity index (χ3v) is 6.96. The first-order chi connectivity index (χ1) is 8.85. The van der Waals surface area contributed by atoms with Gasteiger partial charge >= 0.3 is 5.97 Å². The summed E-state index contributed by atoms with van der Waals surface area (Å²) in [6, 6.07) is 0. The highest BCUT2D eigenvalue weighted by atomic mass is 16.5. The molecule has 0 N–H and O–H groups in total. The number of hydrogen-bond donors (Lipinski definition) is 0. The average molecular weight is 264 g/mol. The molecule has 4 rings (SSSR count). The lowest BCUT2D eigenvalue weighted by molar-refractivity contribution is -0.215. The molecule has 4 aliphatic carbocycles. The van der Waals surface area contributed by atoms with E-state index < -0.39 is 0 Å². The van der Waals surface area contributed by atoms with Crippen molar-refractivity contribution in [1.29, 1.82) is 0 Å². The van der Waals surface area contributed by atoms with Crippen LogP contribution >= 0.6 is 0 Å². The van der Waals surface area contributed by atoms with Crippen LogP contribution in [-0.2, 0) is 9.53 Å². The topological polar surface area (TPSA) is 26.3 Å². The zero-order valence-corrected chi connectivity index (χ0v) is 13.0. The van der Waals surface area contributed by atoms with Gasteiger partial charge in [-0.1, -0.05) is 27.7 Å². The fraction of sp³-hybridized carbons (Fsp3) is 0.941. The van der Waals surface area contributed by atoms with Crippen molar-refractivity contribution in [3.8, 4) is 0 Å². The van der Waals surface area contributed by atoms with E-state index in [1.54, 1.807) is 7.11 Å². The predicted octanol–water partition coefficient (Wildman–Crippen LogP) is 3.89. The molecule has 0 spiro atoms. The van der Waals surface area contributed by atoms with Gasteiger partial charge in [0.1, 0.15) is 0 Å². The van der Waals surface area contributed by atoms with Gasteiger partial charge in [0.05, 0.1) is 12.5 Å². The minimum atomic E-state index is -0.204. The zero-order chi connectivity index (χ0) is 14.0. The molecule has 6 atom stereocenters. The number of esters is 1. The van der Waals surface area contributed by atoms with E-state index in [1.807, 2.05) is 0 Å².